The van der Waals surface area contributed by atoms with Crippen LogP contribution < -0.4 is 9.62 Å². The van der Waals surface area contributed by atoms with Crippen molar-refractivity contribution in [2.24, 2.45) is 0 Å². The predicted octanol–water partition coefficient (Wildman–Crippen LogP) is 2.65. The monoisotopic (exact) mass is 350 g/mol. The van der Waals surface area contributed by atoms with Gasteiger partial charge in [0.1, 0.15) is 5.00 Å². The van der Waals surface area contributed by atoms with Crippen molar-refractivity contribution in [3.05, 3.63) is 16.7 Å². The molecule has 1 saturated heterocycles. The minimum atomic E-state index is -3.67. The van der Waals surface area contributed by atoms with Crippen LogP contribution in [0.15, 0.2) is 15.9 Å². The Hall–Kier alpha value is -0.900. The molecular weight excluding hydrogens is 340 g/mol. The van der Waals surface area contributed by atoms with Gasteiger partial charge in [-0.25, -0.2) is 9.97 Å². The Kier molecular flexibility index (Phi) is 3.85. The molecule has 10 heteroatoms. The Bertz CT molecular complexity index is 692. The molecule has 20 heavy (non-hydrogen) atoms. The van der Waals surface area contributed by atoms with Crippen molar-refractivity contribution in [2.45, 2.75) is 17.2 Å². The number of hydrogen-bond donors (Lipinski definition) is 1. The standard InChI is InChI=1S/C10H11ClN4O2S3/c11-7-8(15-4-1-2-5-15)19-9(13-7)14-20(16,17)10-12-3-6-18-10/h3,6H,1-2,4-5H2,(H,13,14). The van der Waals surface area contributed by atoms with Gasteiger partial charge in [-0.3, -0.25) is 4.72 Å². The highest BCUT2D eigenvalue weighted by Crippen LogP contribution is 2.37. The molecule has 6 nitrogen and oxygen atoms in total. The first-order valence-corrected chi connectivity index (χ1v) is 9.45. The molecule has 1 aliphatic rings. The normalized spacial score (nSPS) is 15.8. The summed E-state index contributed by atoms with van der Waals surface area (Å²) in [7, 11) is -3.67. The van der Waals surface area contributed by atoms with Gasteiger partial charge in [0.2, 0.25) is 4.34 Å². The van der Waals surface area contributed by atoms with Gasteiger partial charge in [0.05, 0.1) is 0 Å². The molecule has 0 aliphatic carbocycles. The Morgan fingerprint density at radius 1 is 1.35 bits per heavy atom. The van der Waals surface area contributed by atoms with Crippen LogP contribution in [0.4, 0.5) is 10.1 Å². The third kappa shape index (κ3) is 2.76. The quantitative estimate of drug-likeness (QED) is 0.917. The van der Waals surface area contributed by atoms with Gasteiger partial charge in [-0.1, -0.05) is 22.9 Å². The van der Waals surface area contributed by atoms with Crippen molar-refractivity contribution in [3.63, 3.8) is 0 Å². The van der Waals surface area contributed by atoms with Crippen LogP contribution in [0.3, 0.4) is 0 Å². The first-order valence-electron chi connectivity index (χ1n) is 5.90. The largest absolute Gasteiger partial charge is 0.361 e. The average Bonchev–Trinajstić information content (AvgIpc) is 3.07. The van der Waals surface area contributed by atoms with Crippen LogP contribution in [0.2, 0.25) is 5.15 Å². The SMILES string of the molecule is O=S(=O)(Nc1nc(Cl)c(N2CCCC2)s1)c1nccs1. The molecule has 0 radical (unpaired) electrons. The highest BCUT2D eigenvalue weighted by Gasteiger charge is 2.23. The van der Waals surface area contributed by atoms with Crippen molar-refractivity contribution in [2.75, 3.05) is 22.7 Å². The first-order chi connectivity index (χ1) is 9.56. The van der Waals surface area contributed by atoms with Crippen molar-refractivity contribution in [3.8, 4) is 0 Å². The number of halogens is 1. The van der Waals surface area contributed by atoms with Crippen LogP contribution in [0.1, 0.15) is 12.8 Å². The van der Waals surface area contributed by atoms with Gasteiger partial charge in [0, 0.05) is 24.7 Å². The molecule has 2 aromatic rings. The topological polar surface area (TPSA) is 75.2 Å². The maximum Gasteiger partial charge on any atom is 0.291 e. The van der Waals surface area contributed by atoms with E-state index in [2.05, 4.69) is 19.6 Å². The number of nitrogens with one attached hydrogen (secondary N) is 1. The Labute approximate surface area is 129 Å². The molecule has 108 valence electrons. The lowest BCUT2D eigenvalue weighted by molar-refractivity contribution is 0.600. The minimum absolute atomic E-state index is 0.0199. The van der Waals surface area contributed by atoms with E-state index in [1.807, 2.05) is 0 Å². The summed E-state index contributed by atoms with van der Waals surface area (Å²) < 4.78 is 26.5. The zero-order chi connectivity index (χ0) is 14.2. The molecule has 2 aromatic heterocycles. The van der Waals surface area contributed by atoms with E-state index in [1.54, 1.807) is 5.38 Å². The maximum absolute atomic E-state index is 12.1. The molecule has 1 fully saturated rings. The summed E-state index contributed by atoms with van der Waals surface area (Å²) >= 11 is 8.40. The smallest absolute Gasteiger partial charge is 0.291 e. The van der Waals surface area contributed by atoms with E-state index in [0.29, 0.717) is 5.15 Å². The van der Waals surface area contributed by atoms with E-state index in [0.717, 1.165) is 42.3 Å². The van der Waals surface area contributed by atoms with Crippen LogP contribution in [-0.2, 0) is 10.0 Å². The maximum atomic E-state index is 12.1. The van der Waals surface area contributed by atoms with Gasteiger partial charge >= 0.3 is 0 Å². The second kappa shape index (κ2) is 5.47. The molecule has 0 atom stereocenters. The summed E-state index contributed by atoms with van der Waals surface area (Å²) in [4.78, 5) is 10.00. The van der Waals surface area contributed by atoms with Gasteiger partial charge in [0.15, 0.2) is 10.3 Å². The van der Waals surface area contributed by atoms with Gasteiger partial charge in [-0.2, -0.15) is 8.42 Å². The number of rotatable bonds is 4. The molecule has 0 saturated carbocycles. The van der Waals surface area contributed by atoms with Crippen LogP contribution in [0.25, 0.3) is 0 Å². The van der Waals surface area contributed by atoms with Crippen molar-refractivity contribution in [1.29, 1.82) is 0 Å². The number of sulfonamides is 1. The highest BCUT2D eigenvalue weighted by atomic mass is 35.5. The molecule has 0 bridgehead atoms. The van der Waals surface area contributed by atoms with Gasteiger partial charge in [-0.15, -0.1) is 11.3 Å². The Balaban J connectivity index is 1.83. The third-order valence-electron chi connectivity index (χ3n) is 2.82. The van der Waals surface area contributed by atoms with Crippen molar-refractivity contribution in [1.82, 2.24) is 9.97 Å². The average molecular weight is 351 g/mol. The second-order valence-corrected chi connectivity index (χ2v) is 8.30. The number of hydrogen-bond acceptors (Lipinski definition) is 7. The van der Waals surface area contributed by atoms with E-state index >= 15 is 0 Å². The van der Waals surface area contributed by atoms with E-state index in [4.69, 9.17) is 11.6 Å². The molecule has 3 heterocycles. The number of aromatic nitrogens is 2. The first kappa shape index (κ1) is 14.1. The minimum Gasteiger partial charge on any atom is -0.361 e. The summed E-state index contributed by atoms with van der Waals surface area (Å²) in [5, 5.41) is 3.04. The fourth-order valence-electron chi connectivity index (χ4n) is 1.95. The Morgan fingerprint density at radius 3 is 2.75 bits per heavy atom. The highest BCUT2D eigenvalue weighted by molar-refractivity contribution is 7.94. The van der Waals surface area contributed by atoms with Gasteiger partial charge < -0.3 is 4.90 Å². The van der Waals surface area contributed by atoms with Crippen molar-refractivity contribution < 1.29 is 8.42 Å². The van der Waals surface area contributed by atoms with Gasteiger partial charge in [0.25, 0.3) is 10.0 Å². The van der Waals surface area contributed by atoms with E-state index in [-0.39, 0.29) is 9.47 Å². The van der Waals surface area contributed by atoms with Crippen molar-refractivity contribution >= 4 is 54.4 Å². The summed E-state index contributed by atoms with van der Waals surface area (Å²) in [5.74, 6) is 0. The third-order valence-corrected chi connectivity index (χ3v) is 6.90. The molecular formula is C10H11ClN4O2S3. The van der Waals surface area contributed by atoms with E-state index in [1.165, 1.54) is 17.5 Å². The molecule has 0 unspecified atom stereocenters. The molecule has 1 aliphatic heterocycles. The predicted molar refractivity (Wildman–Crippen MR) is 81.5 cm³/mol. The zero-order valence-corrected chi connectivity index (χ0v) is 13.4. The Morgan fingerprint density at radius 2 is 2.10 bits per heavy atom. The summed E-state index contributed by atoms with van der Waals surface area (Å²) in [6.07, 6.45) is 3.69. The summed E-state index contributed by atoms with van der Waals surface area (Å²) in [6.45, 7) is 1.86. The van der Waals surface area contributed by atoms with E-state index in [9.17, 15) is 8.42 Å². The van der Waals surface area contributed by atoms with Crippen LogP contribution in [0, 0.1) is 0 Å². The molecule has 0 aromatic carbocycles. The van der Waals surface area contributed by atoms with Crippen LogP contribution >= 0.6 is 34.3 Å². The lowest BCUT2D eigenvalue weighted by atomic mass is 10.4. The fourth-order valence-corrected chi connectivity index (χ4v) is 5.30. The van der Waals surface area contributed by atoms with Crippen LogP contribution in [0.5, 0.6) is 0 Å². The molecule has 1 N–H and O–H groups in total. The lowest BCUT2D eigenvalue weighted by Crippen LogP contribution is -2.16. The summed E-state index contributed by atoms with van der Waals surface area (Å²) in [6, 6.07) is 0. The number of nitrogens with zero attached hydrogens (tertiary/aromatic N) is 3. The zero-order valence-electron chi connectivity index (χ0n) is 10.2. The van der Waals surface area contributed by atoms with E-state index < -0.39 is 10.0 Å². The summed E-state index contributed by atoms with van der Waals surface area (Å²) in [5.41, 5.74) is 0. The second-order valence-electron chi connectivity index (χ2n) is 4.21. The van der Waals surface area contributed by atoms with Gasteiger partial charge in [-0.05, 0) is 12.8 Å². The van der Waals surface area contributed by atoms with Crippen LogP contribution in [-0.4, -0.2) is 31.5 Å². The molecule has 0 spiro atoms. The lowest BCUT2D eigenvalue weighted by Gasteiger charge is -2.13. The fraction of sp³-hybridized carbons (Fsp3) is 0.400. The molecule has 0 amide bonds. The molecule has 3 rings (SSSR count). The number of anilines is 2. The number of thiazole rings is 2.